The number of nitrogens with one attached hydrogen (secondary N) is 2. The highest BCUT2D eigenvalue weighted by atomic mass is 19.1. The highest BCUT2D eigenvalue weighted by Gasteiger charge is 2.28. The van der Waals surface area contributed by atoms with Crippen LogP contribution in [0.1, 0.15) is 35.3 Å². The van der Waals surface area contributed by atoms with Crippen molar-refractivity contribution in [2.24, 2.45) is 11.5 Å². The van der Waals surface area contributed by atoms with Crippen LogP contribution in [0.25, 0.3) is 0 Å². The number of benzene rings is 2. The number of carbonyl (C=O) groups is 1. The molecule has 6 N–H and O–H groups in total. The second-order valence-electron chi connectivity index (χ2n) is 5.80. The summed E-state index contributed by atoms with van der Waals surface area (Å²) in [7, 11) is 0. The molecule has 1 unspecified atom stereocenters. The summed E-state index contributed by atoms with van der Waals surface area (Å²) >= 11 is 0. The first kappa shape index (κ1) is 20.5. The Morgan fingerprint density at radius 3 is 2.44 bits per heavy atom. The molecule has 0 aliphatic heterocycles. The molecule has 144 valence electrons. The molecule has 0 saturated carbocycles. The molecule has 0 aliphatic rings. The number of carbonyl (C=O) groups excluding carboxylic acids is 1. The highest BCUT2D eigenvalue weighted by molar-refractivity contribution is 5.94. The van der Waals surface area contributed by atoms with E-state index in [4.69, 9.17) is 21.6 Å². The normalized spacial score (nSPS) is 11.9. The summed E-state index contributed by atoms with van der Waals surface area (Å²) in [6.45, 7) is 1.73. The standard InChI is InChI=1S/C19H22F2N4O2/c1-2-27-17(15-14(20)8-7-13(9-22)16(15)21)19(26)25-10-11-3-5-12(6-4-11)18(23)24/h3-8,17H,2,9-10,22H2,1H3,(H3,23,24)(H,25,26). The van der Waals surface area contributed by atoms with Crippen LogP contribution in [0.3, 0.4) is 0 Å². The van der Waals surface area contributed by atoms with Gasteiger partial charge in [-0.05, 0) is 18.6 Å². The molecule has 0 spiro atoms. The van der Waals surface area contributed by atoms with Gasteiger partial charge in [-0.3, -0.25) is 10.2 Å². The molecule has 0 heterocycles. The molecule has 0 bridgehead atoms. The highest BCUT2D eigenvalue weighted by Crippen LogP contribution is 2.26. The van der Waals surface area contributed by atoms with Crippen LogP contribution < -0.4 is 16.8 Å². The summed E-state index contributed by atoms with van der Waals surface area (Å²) in [5.41, 5.74) is 11.8. The van der Waals surface area contributed by atoms with Crippen molar-refractivity contribution < 1.29 is 18.3 Å². The maximum absolute atomic E-state index is 14.5. The lowest BCUT2D eigenvalue weighted by molar-refractivity contribution is -0.133. The maximum atomic E-state index is 14.5. The van der Waals surface area contributed by atoms with Gasteiger partial charge in [0.15, 0.2) is 6.10 Å². The molecule has 0 radical (unpaired) electrons. The van der Waals surface area contributed by atoms with E-state index in [1.165, 1.54) is 6.07 Å². The molecule has 2 rings (SSSR count). The van der Waals surface area contributed by atoms with Crippen molar-refractivity contribution in [3.8, 4) is 0 Å². The lowest BCUT2D eigenvalue weighted by atomic mass is 10.0. The molecule has 8 heteroatoms. The number of amides is 1. The molecular formula is C19H22F2N4O2. The van der Waals surface area contributed by atoms with Gasteiger partial charge in [-0.15, -0.1) is 0 Å². The van der Waals surface area contributed by atoms with Gasteiger partial charge in [-0.25, -0.2) is 8.78 Å². The van der Waals surface area contributed by atoms with Crippen LogP contribution in [0.4, 0.5) is 8.78 Å². The Hall–Kier alpha value is -2.84. The first-order valence-corrected chi connectivity index (χ1v) is 8.38. The van der Waals surface area contributed by atoms with E-state index in [-0.39, 0.29) is 31.1 Å². The van der Waals surface area contributed by atoms with E-state index >= 15 is 0 Å². The Kier molecular flexibility index (Phi) is 6.98. The van der Waals surface area contributed by atoms with Crippen molar-refractivity contribution in [3.63, 3.8) is 0 Å². The quantitative estimate of drug-likeness (QED) is 0.417. The summed E-state index contributed by atoms with van der Waals surface area (Å²) in [5, 5.41) is 9.97. The molecular weight excluding hydrogens is 354 g/mol. The van der Waals surface area contributed by atoms with Gasteiger partial charge in [0, 0.05) is 30.8 Å². The second kappa shape index (κ2) is 9.20. The number of nitrogen functional groups attached to an aromatic ring is 1. The van der Waals surface area contributed by atoms with Crippen LogP contribution in [0.2, 0.25) is 0 Å². The molecule has 1 atom stereocenters. The Morgan fingerprint density at radius 2 is 1.89 bits per heavy atom. The Bertz CT molecular complexity index is 825. The Labute approximate surface area is 156 Å². The van der Waals surface area contributed by atoms with Crippen LogP contribution in [-0.4, -0.2) is 18.3 Å². The first-order chi connectivity index (χ1) is 12.9. The van der Waals surface area contributed by atoms with Crippen molar-refractivity contribution in [3.05, 3.63) is 70.3 Å². The lowest BCUT2D eigenvalue weighted by Gasteiger charge is -2.19. The van der Waals surface area contributed by atoms with Gasteiger partial charge in [-0.1, -0.05) is 30.3 Å². The minimum atomic E-state index is -1.43. The zero-order valence-corrected chi connectivity index (χ0v) is 14.9. The average molecular weight is 376 g/mol. The summed E-state index contributed by atoms with van der Waals surface area (Å²) in [4.78, 5) is 12.5. The number of hydrogen-bond acceptors (Lipinski definition) is 4. The van der Waals surface area contributed by atoms with E-state index < -0.39 is 29.2 Å². The number of ether oxygens (including phenoxy) is 1. The number of nitrogens with two attached hydrogens (primary N) is 2. The predicted molar refractivity (Wildman–Crippen MR) is 97.9 cm³/mol. The number of halogens is 2. The molecule has 0 aliphatic carbocycles. The van der Waals surface area contributed by atoms with E-state index in [2.05, 4.69) is 5.32 Å². The zero-order chi connectivity index (χ0) is 20.0. The van der Waals surface area contributed by atoms with Crippen LogP contribution in [0.5, 0.6) is 0 Å². The smallest absolute Gasteiger partial charge is 0.254 e. The van der Waals surface area contributed by atoms with Gasteiger partial charge in [0.1, 0.15) is 17.5 Å². The predicted octanol–water partition coefficient (Wildman–Crippen LogP) is 2.10. The average Bonchev–Trinajstić information content (AvgIpc) is 2.66. The molecule has 1 amide bonds. The lowest BCUT2D eigenvalue weighted by Crippen LogP contribution is -2.32. The largest absolute Gasteiger partial charge is 0.384 e. The van der Waals surface area contributed by atoms with Gasteiger partial charge in [0.05, 0.1) is 5.56 Å². The number of hydrogen-bond donors (Lipinski definition) is 4. The SMILES string of the molecule is CCOC(C(=O)NCc1ccc(C(=N)N)cc1)c1c(F)ccc(CN)c1F. The fraction of sp³-hybridized carbons (Fsp3) is 0.263. The van der Waals surface area contributed by atoms with E-state index in [9.17, 15) is 13.6 Å². The molecule has 0 saturated heterocycles. The third kappa shape index (κ3) is 4.87. The summed E-state index contributed by atoms with van der Waals surface area (Å²) in [6.07, 6.45) is -1.43. The number of amidine groups is 1. The monoisotopic (exact) mass is 376 g/mol. The van der Waals surface area contributed by atoms with Crippen molar-refractivity contribution in [2.45, 2.75) is 26.1 Å². The van der Waals surface area contributed by atoms with E-state index in [0.717, 1.165) is 11.6 Å². The summed E-state index contributed by atoms with van der Waals surface area (Å²) < 4.78 is 34.1. The zero-order valence-electron chi connectivity index (χ0n) is 14.9. The number of rotatable bonds is 8. The minimum absolute atomic E-state index is 0.0623. The van der Waals surface area contributed by atoms with Crippen molar-refractivity contribution in [1.82, 2.24) is 5.32 Å². The molecule has 0 aromatic heterocycles. The van der Waals surface area contributed by atoms with Crippen LogP contribution in [-0.2, 0) is 22.6 Å². The molecule has 2 aromatic carbocycles. The van der Waals surface area contributed by atoms with Gasteiger partial charge in [0.25, 0.3) is 5.91 Å². The Balaban J connectivity index is 2.19. The maximum Gasteiger partial charge on any atom is 0.254 e. The van der Waals surface area contributed by atoms with Gasteiger partial charge in [0.2, 0.25) is 0 Å². The van der Waals surface area contributed by atoms with Crippen molar-refractivity contribution >= 4 is 11.7 Å². The minimum Gasteiger partial charge on any atom is -0.384 e. The van der Waals surface area contributed by atoms with Crippen LogP contribution in [0, 0.1) is 17.0 Å². The third-order valence-electron chi connectivity index (χ3n) is 3.99. The first-order valence-electron chi connectivity index (χ1n) is 8.38. The molecule has 0 fully saturated rings. The fourth-order valence-corrected chi connectivity index (χ4v) is 2.55. The topological polar surface area (TPSA) is 114 Å². The van der Waals surface area contributed by atoms with Crippen LogP contribution >= 0.6 is 0 Å². The van der Waals surface area contributed by atoms with E-state index in [1.54, 1.807) is 31.2 Å². The summed E-state index contributed by atoms with van der Waals surface area (Å²) in [6, 6.07) is 9.00. The van der Waals surface area contributed by atoms with Gasteiger partial charge in [-0.2, -0.15) is 0 Å². The molecule has 6 nitrogen and oxygen atoms in total. The van der Waals surface area contributed by atoms with Crippen molar-refractivity contribution in [1.29, 1.82) is 5.41 Å². The van der Waals surface area contributed by atoms with Crippen molar-refractivity contribution in [2.75, 3.05) is 6.61 Å². The van der Waals surface area contributed by atoms with Gasteiger partial charge < -0.3 is 21.5 Å². The van der Waals surface area contributed by atoms with Gasteiger partial charge >= 0.3 is 0 Å². The molecule has 27 heavy (non-hydrogen) atoms. The molecule has 2 aromatic rings. The van der Waals surface area contributed by atoms with E-state index in [1.807, 2.05) is 0 Å². The fourth-order valence-electron chi connectivity index (χ4n) is 2.55. The Morgan fingerprint density at radius 1 is 1.22 bits per heavy atom. The van der Waals surface area contributed by atoms with Crippen LogP contribution in [0.15, 0.2) is 36.4 Å². The summed E-state index contributed by atoms with van der Waals surface area (Å²) in [5.74, 6) is -2.48. The van der Waals surface area contributed by atoms with E-state index in [0.29, 0.717) is 5.56 Å². The second-order valence-corrected chi connectivity index (χ2v) is 5.80. The third-order valence-corrected chi connectivity index (χ3v) is 3.99.